The number of aromatic amines is 1. The molecular formula is C11H12N6O2S. The van der Waals surface area contributed by atoms with Crippen molar-refractivity contribution in [2.24, 2.45) is 10.9 Å². The molecule has 0 saturated carbocycles. The van der Waals surface area contributed by atoms with E-state index >= 15 is 0 Å². The number of aryl methyl sites for hydroxylation is 2. The molecule has 0 fully saturated rings. The van der Waals surface area contributed by atoms with E-state index in [1.807, 2.05) is 0 Å². The SMILES string of the molecule is Cc1cc(/C(N)=N/O)nc(Sc2nc(C)cc(=O)[nH]2)n1. The monoisotopic (exact) mass is 292 g/mol. The average Bonchev–Trinajstić information content (AvgIpc) is 2.35. The minimum absolute atomic E-state index is 0.108. The van der Waals surface area contributed by atoms with Gasteiger partial charge in [0, 0.05) is 17.5 Å². The van der Waals surface area contributed by atoms with E-state index in [-0.39, 0.29) is 11.4 Å². The van der Waals surface area contributed by atoms with Gasteiger partial charge in [-0.1, -0.05) is 5.16 Å². The van der Waals surface area contributed by atoms with Crippen molar-refractivity contribution in [3.05, 3.63) is 39.6 Å². The number of hydrogen-bond acceptors (Lipinski definition) is 7. The fourth-order valence-electron chi connectivity index (χ4n) is 1.46. The van der Waals surface area contributed by atoms with Crippen LogP contribution in [0.5, 0.6) is 0 Å². The molecule has 2 rings (SSSR count). The molecule has 0 bridgehead atoms. The van der Waals surface area contributed by atoms with Crippen molar-refractivity contribution in [1.82, 2.24) is 19.9 Å². The highest BCUT2D eigenvalue weighted by Crippen LogP contribution is 2.20. The van der Waals surface area contributed by atoms with Crippen LogP contribution in [0.2, 0.25) is 0 Å². The number of oxime groups is 1. The van der Waals surface area contributed by atoms with Crippen molar-refractivity contribution in [3.63, 3.8) is 0 Å². The van der Waals surface area contributed by atoms with Gasteiger partial charge in [0.2, 0.25) is 0 Å². The summed E-state index contributed by atoms with van der Waals surface area (Å²) in [6.07, 6.45) is 0. The lowest BCUT2D eigenvalue weighted by Crippen LogP contribution is -2.16. The summed E-state index contributed by atoms with van der Waals surface area (Å²) < 4.78 is 0. The summed E-state index contributed by atoms with van der Waals surface area (Å²) in [6, 6.07) is 2.98. The Labute approximate surface area is 118 Å². The molecule has 2 heterocycles. The Balaban J connectivity index is 2.38. The average molecular weight is 292 g/mol. The van der Waals surface area contributed by atoms with Crippen molar-refractivity contribution in [3.8, 4) is 0 Å². The maximum atomic E-state index is 11.4. The first-order valence-corrected chi connectivity index (χ1v) is 6.39. The molecule has 8 nitrogen and oxygen atoms in total. The third-order valence-electron chi connectivity index (χ3n) is 2.24. The number of amidine groups is 1. The van der Waals surface area contributed by atoms with Gasteiger partial charge in [0.1, 0.15) is 5.69 Å². The summed E-state index contributed by atoms with van der Waals surface area (Å²) in [4.78, 5) is 26.5. The fraction of sp³-hybridized carbons (Fsp3) is 0.182. The van der Waals surface area contributed by atoms with Gasteiger partial charge in [-0.05, 0) is 31.7 Å². The van der Waals surface area contributed by atoms with Crippen LogP contribution in [0.4, 0.5) is 0 Å². The molecule has 2 aromatic rings. The Bertz CT molecular complexity index is 727. The normalized spacial score (nSPS) is 11.6. The molecule has 0 atom stereocenters. The lowest BCUT2D eigenvalue weighted by atomic mass is 10.3. The lowest BCUT2D eigenvalue weighted by molar-refractivity contribution is 0.318. The van der Waals surface area contributed by atoms with Gasteiger partial charge < -0.3 is 15.9 Å². The fourth-order valence-corrected chi connectivity index (χ4v) is 2.30. The van der Waals surface area contributed by atoms with Crippen molar-refractivity contribution in [2.75, 3.05) is 0 Å². The highest BCUT2D eigenvalue weighted by molar-refractivity contribution is 7.99. The minimum Gasteiger partial charge on any atom is -0.409 e. The van der Waals surface area contributed by atoms with E-state index in [0.717, 1.165) is 11.8 Å². The molecule has 0 aromatic carbocycles. The molecule has 20 heavy (non-hydrogen) atoms. The Kier molecular flexibility index (Phi) is 3.99. The molecule has 0 spiro atoms. The number of hydrogen-bond donors (Lipinski definition) is 3. The summed E-state index contributed by atoms with van der Waals surface area (Å²) in [7, 11) is 0. The van der Waals surface area contributed by atoms with Gasteiger partial charge in [0.05, 0.1) is 0 Å². The summed E-state index contributed by atoms with van der Waals surface area (Å²) in [5.74, 6) is -0.108. The summed E-state index contributed by atoms with van der Waals surface area (Å²) in [5, 5.41) is 12.3. The van der Waals surface area contributed by atoms with Gasteiger partial charge in [0.15, 0.2) is 16.1 Å². The quantitative estimate of drug-likeness (QED) is 0.246. The van der Waals surface area contributed by atoms with Crippen molar-refractivity contribution < 1.29 is 5.21 Å². The van der Waals surface area contributed by atoms with E-state index in [1.54, 1.807) is 19.9 Å². The van der Waals surface area contributed by atoms with E-state index < -0.39 is 0 Å². The minimum atomic E-state index is -0.246. The number of nitrogens with zero attached hydrogens (tertiary/aromatic N) is 4. The van der Waals surface area contributed by atoms with Gasteiger partial charge in [-0.15, -0.1) is 0 Å². The van der Waals surface area contributed by atoms with Crippen LogP contribution in [0.1, 0.15) is 17.1 Å². The van der Waals surface area contributed by atoms with Gasteiger partial charge in [0.25, 0.3) is 5.56 Å². The smallest absolute Gasteiger partial charge is 0.251 e. The van der Waals surface area contributed by atoms with Crippen LogP contribution in [0.3, 0.4) is 0 Å². The third kappa shape index (κ3) is 3.32. The Morgan fingerprint density at radius 2 is 2.00 bits per heavy atom. The van der Waals surface area contributed by atoms with Crippen LogP contribution in [-0.4, -0.2) is 31.0 Å². The lowest BCUT2D eigenvalue weighted by Gasteiger charge is -2.04. The first-order chi connectivity index (χ1) is 9.47. The van der Waals surface area contributed by atoms with Crippen LogP contribution in [0.15, 0.2) is 32.4 Å². The van der Waals surface area contributed by atoms with Gasteiger partial charge in [-0.2, -0.15) is 0 Å². The van der Waals surface area contributed by atoms with Gasteiger partial charge in [-0.25, -0.2) is 15.0 Å². The molecule has 0 aliphatic carbocycles. The van der Waals surface area contributed by atoms with Crippen LogP contribution in [0.25, 0.3) is 0 Å². The highest BCUT2D eigenvalue weighted by Gasteiger charge is 2.09. The van der Waals surface area contributed by atoms with Crippen LogP contribution < -0.4 is 11.3 Å². The third-order valence-corrected chi connectivity index (χ3v) is 2.99. The molecule has 0 aliphatic heterocycles. The Morgan fingerprint density at radius 1 is 1.30 bits per heavy atom. The van der Waals surface area contributed by atoms with Crippen molar-refractivity contribution >= 4 is 17.6 Å². The van der Waals surface area contributed by atoms with Crippen LogP contribution >= 0.6 is 11.8 Å². The zero-order valence-electron chi connectivity index (χ0n) is 10.8. The number of H-pyrrole nitrogens is 1. The summed E-state index contributed by atoms with van der Waals surface area (Å²) in [5.41, 5.74) is 6.81. The molecule has 0 amide bonds. The second-order valence-electron chi connectivity index (χ2n) is 3.96. The van der Waals surface area contributed by atoms with Gasteiger partial charge >= 0.3 is 0 Å². The standard InChI is InChI=1S/C11H12N6O2S/c1-5-3-7(9(12)17-19)15-10(13-5)20-11-14-6(2)4-8(18)16-11/h3-4,19H,1-2H3,(H2,12,17)(H,14,16,18). The number of rotatable bonds is 3. The summed E-state index contributed by atoms with van der Waals surface area (Å²) in [6.45, 7) is 3.48. The number of nitrogens with one attached hydrogen (secondary N) is 1. The number of nitrogens with two attached hydrogens (primary N) is 1. The topological polar surface area (TPSA) is 130 Å². The first-order valence-electron chi connectivity index (χ1n) is 5.57. The largest absolute Gasteiger partial charge is 0.409 e. The molecule has 0 unspecified atom stereocenters. The van der Waals surface area contributed by atoms with E-state index in [2.05, 4.69) is 25.1 Å². The van der Waals surface area contributed by atoms with Crippen molar-refractivity contribution in [2.45, 2.75) is 24.2 Å². The predicted octanol–water partition coefficient (Wildman–Crippen LogP) is 0.422. The Hall–Kier alpha value is -2.42. The first kappa shape index (κ1) is 14.0. The molecule has 0 aliphatic rings. The zero-order valence-corrected chi connectivity index (χ0v) is 11.6. The van der Waals surface area contributed by atoms with E-state index in [1.165, 1.54) is 6.07 Å². The maximum absolute atomic E-state index is 11.4. The predicted molar refractivity (Wildman–Crippen MR) is 73.0 cm³/mol. The second-order valence-corrected chi connectivity index (χ2v) is 4.91. The molecule has 0 radical (unpaired) electrons. The highest BCUT2D eigenvalue weighted by atomic mass is 32.2. The van der Waals surface area contributed by atoms with Crippen LogP contribution in [-0.2, 0) is 0 Å². The van der Waals surface area contributed by atoms with Gasteiger partial charge in [-0.3, -0.25) is 4.79 Å². The number of aromatic nitrogens is 4. The molecule has 104 valence electrons. The second kappa shape index (κ2) is 5.70. The van der Waals surface area contributed by atoms with Crippen LogP contribution in [0, 0.1) is 13.8 Å². The van der Waals surface area contributed by atoms with E-state index in [0.29, 0.717) is 27.4 Å². The molecular weight excluding hydrogens is 280 g/mol. The molecule has 9 heteroatoms. The van der Waals surface area contributed by atoms with E-state index in [4.69, 9.17) is 10.9 Å². The van der Waals surface area contributed by atoms with Crippen molar-refractivity contribution in [1.29, 1.82) is 0 Å². The maximum Gasteiger partial charge on any atom is 0.251 e. The molecule has 0 saturated heterocycles. The summed E-state index contributed by atoms with van der Waals surface area (Å²) >= 11 is 1.09. The Morgan fingerprint density at radius 3 is 2.65 bits per heavy atom. The van der Waals surface area contributed by atoms with E-state index in [9.17, 15) is 4.79 Å². The molecule has 4 N–H and O–H groups in total. The molecule has 2 aromatic heterocycles. The zero-order chi connectivity index (χ0) is 14.7.